The van der Waals surface area contributed by atoms with E-state index in [9.17, 15) is 0 Å². The van der Waals surface area contributed by atoms with Gasteiger partial charge in [0, 0.05) is 24.5 Å². The SMILES string of the molecule is Clc1ccc(NCc2cccc3c2NCCC3)cc1Cl. The van der Waals surface area contributed by atoms with E-state index in [1.807, 2.05) is 18.2 Å². The van der Waals surface area contributed by atoms with Gasteiger partial charge in [0.25, 0.3) is 0 Å². The van der Waals surface area contributed by atoms with E-state index in [4.69, 9.17) is 23.2 Å². The number of aryl methyl sites for hydroxylation is 1. The molecule has 0 spiro atoms. The lowest BCUT2D eigenvalue weighted by Gasteiger charge is -2.21. The molecule has 2 aromatic rings. The molecule has 0 aromatic heterocycles. The van der Waals surface area contributed by atoms with Crippen LogP contribution in [0.4, 0.5) is 11.4 Å². The minimum atomic E-state index is 0.574. The van der Waals surface area contributed by atoms with E-state index < -0.39 is 0 Å². The predicted molar refractivity (Wildman–Crippen MR) is 87.0 cm³/mol. The molecule has 104 valence electrons. The Morgan fingerprint density at radius 1 is 1.10 bits per heavy atom. The maximum absolute atomic E-state index is 6.03. The molecule has 0 radical (unpaired) electrons. The molecule has 1 aliphatic heterocycles. The molecule has 0 unspecified atom stereocenters. The second kappa shape index (κ2) is 5.94. The summed E-state index contributed by atoms with van der Waals surface area (Å²) >= 11 is 11.9. The summed E-state index contributed by atoms with van der Waals surface area (Å²) in [6, 6.07) is 12.1. The van der Waals surface area contributed by atoms with Crippen molar-refractivity contribution in [2.75, 3.05) is 17.2 Å². The summed E-state index contributed by atoms with van der Waals surface area (Å²) in [6.07, 6.45) is 2.36. The lowest BCUT2D eigenvalue weighted by Crippen LogP contribution is -2.14. The Morgan fingerprint density at radius 3 is 2.85 bits per heavy atom. The molecule has 1 heterocycles. The van der Waals surface area contributed by atoms with Crippen molar-refractivity contribution < 1.29 is 0 Å². The van der Waals surface area contributed by atoms with E-state index in [1.54, 1.807) is 0 Å². The Balaban J connectivity index is 1.76. The fourth-order valence-electron chi connectivity index (χ4n) is 2.53. The second-order valence-electron chi connectivity index (χ2n) is 4.96. The second-order valence-corrected chi connectivity index (χ2v) is 5.78. The van der Waals surface area contributed by atoms with Gasteiger partial charge in [-0.15, -0.1) is 0 Å². The summed E-state index contributed by atoms with van der Waals surface area (Å²) in [6.45, 7) is 1.82. The molecule has 0 saturated heterocycles. The van der Waals surface area contributed by atoms with Crippen LogP contribution in [-0.2, 0) is 13.0 Å². The first-order valence-electron chi connectivity index (χ1n) is 6.77. The maximum Gasteiger partial charge on any atom is 0.0612 e. The zero-order chi connectivity index (χ0) is 13.9. The van der Waals surface area contributed by atoms with Gasteiger partial charge in [0.05, 0.1) is 10.0 Å². The van der Waals surface area contributed by atoms with E-state index in [1.165, 1.54) is 23.2 Å². The topological polar surface area (TPSA) is 24.1 Å². The van der Waals surface area contributed by atoms with Crippen molar-refractivity contribution in [2.24, 2.45) is 0 Å². The molecule has 0 saturated carbocycles. The van der Waals surface area contributed by atoms with Crippen LogP contribution in [0, 0.1) is 0 Å². The lowest BCUT2D eigenvalue weighted by atomic mass is 9.99. The summed E-state index contributed by atoms with van der Waals surface area (Å²) in [5, 5.41) is 8.05. The molecule has 2 aromatic carbocycles. The number of fused-ring (bicyclic) bond motifs is 1. The highest BCUT2D eigenvalue weighted by atomic mass is 35.5. The van der Waals surface area contributed by atoms with Gasteiger partial charge >= 0.3 is 0 Å². The highest BCUT2D eigenvalue weighted by Gasteiger charge is 2.11. The number of anilines is 2. The van der Waals surface area contributed by atoms with Crippen molar-refractivity contribution in [3.63, 3.8) is 0 Å². The molecule has 1 aliphatic rings. The minimum Gasteiger partial charge on any atom is -0.385 e. The molecular weight excluding hydrogens is 291 g/mol. The zero-order valence-corrected chi connectivity index (χ0v) is 12.6. The van der Waals surface area contributed by atoms with Crippen LogP contribution in [0.3, 0.4) is 0 Å². The average Bonchev–Trinajstić information content (AvgIpc) is 2.48. The van der Waals surface area contributed by atoms with Gasteiger partial charge in [-0.3, -0.25) is 0 Å². The molecule has 4 heteroatoms. The van der Waals surface area contributed by atoms with Crippen LogP contribution in [0.1, 0.15) is 17.5 Å². The Hall–Kier alpha value is -1.38. The first-order chi connectivity index (χ1) is 9.74. The molecule has 2 nitrogen and oxygen atoms in total. The van der Waals surface area contributed by atoms with Gasteiger partial charge in [-0.1, -0.05) is 41.4 Å². The summed E-state index contributed by atoms with van der Waals surface area (Å²) in [4.78, 5) is 0. The normalized spacial score (nSPS) is 13.5. The molecule has 3 rings (SSSR count). The number of hydrogen-bond acceptors (Lipinski definition) is 2. The molecule has 0 atom stereocenters. The third-order valence-corrected chi connectivity index (χ3v) is 4.30. The van der Waals surface area contributed by atoms with Crippen molar-refractivity contribution in [2.45, 2.75) is 19.4 Å². The fourth-order valence-corrected chi connectivity index (χ4v) is 2.83. The van der Waals surface area contributed by atoms with Crippen molar-refractivity contribution in [3.8, 4) is 0 Å². The standard InChI is InChI=1S/C16H16Cl2N2/c17-14-7-6-13(9-15(14)18)20-10-12-4-1-3-11-5-2-8-19-16(11)12/h1,3-4,6-7,9,19-20H,2,5,8,10H2. The first kappa shape index (κ1) is 13.6. The number of halogens is 2. The van der Waals surface area contributed by atoms with E-state index >= 15 is 0 Å². The Bertz CT molecular complexity index is 626. The zero-order valence-electron chi connectivity index (χ0n) is 11.0. The van der Waals surface area contributed by atoms with Gasteiger partial charge in [0.15, 0.2) is 0 Å². The molecule has 0 aliphatic carbocycles. The maximum atomic E-state index is 6.03. The lowest BCUT2D eigenvalue weighted by molar-refractivity contribution is 0.825. The van der Waals surface area contributed by atoms with Gasteiger partial charge < -0.3 is 10.6 Å². The number of rotatable bonds is 3. The predicted octanol–water partition coefficient (Wildman–Crippen LogP) is 4.96. The summed E-state index contributed by atoms with van der Waals surface area (Å²) in [7, 11) is 0. The van der Waals surface area contributed by atoms with Crippen LogP contribution in [0.15, 0.2) is 36.4 Å². The van der Waals surface area contributed by atoms with E-state index in [0.29, 0.717) is 10.0 Å². The van der Waals surface area contributed by atoms with Crippen LogP contribution in [0.5, 0.6) is 0 Å². The number of para-hydroxylation sites is 1. The van der Waals surface area contributed by atoms with E-state index in [0.717, 1.165) is 25.2 Å². The smallest absolute Gasteiger partial charge is 0.0612 e. The molecule has 0 amide bonds. The Labute approximate surface area is 129 Å². The monoisotopic (exact) mass is 306 g/mol. The third kappa shape index (κ3) is 2.87. The number of nitrogens with one attached hydrogen (secondary N) is 2. The van der Waals surface area contributed by atoms with Crippen molar-refractivity contribution in [3.05, 3.63) is 57.6 Å². The summed E-state index contributed by atoms with van der Waals surface area (Å²) in [5.41, 5.74) is 4.96. The van der Waals surface area contributed by atoms with Crippen molar-refractivity contribution >= 4 is 34.6 Å². The van der Waals surface area contributed by atoms with Gasteiger partial charge in [-0.25, -0.2) is 0 Å². The molecule has 0 bridgehead atoms. The molecule has 0 fully saturated rings. The average molecular weight is 307 g/mol. The number of hydrogen-bond donors (Lipinski definition) is 2. The van der Waals surface area contributed by atoms with Crippen molar-refractivity contribution in [1.29, 1.82) is 0 Å². The van der Waals surface area contributed by atoms with Crippen LogP contribution < -0.4 is 10.6 Å². The van der Waals surface area contributed by atoms with Gasteiger partial charge in [-0.05, 0) is 42.2 Å². The Kier molecular flexibility index (Phi) is 4.04. The van der Waals surface area contributed by atoms with Gasteiger partial charge in [-0.2, -0.15) is 0 Å². The fraction of sp³-hybridized carbons (Fsp3) is 0.250. The number of benzene rings is 2. The van der Waals surface area contributed by atoms with E-state index in [2.05, 4.69) is 28.8 Å². The molecular formula is C16H16Cl2N2. The minimum absolute atomic E-state index is 0.574. The van der Waals surface area contributed by atoms with Crippen LogP contribution in [0.25, 0.3) is 0 Å². The van der Waals surface area contributed by atoms with E-state index in [-0.39, 0.29) is 0 Å². The Morgan fingerprint density at radius 2 is 2.00 bits per heavy atom. The largest absolute Gasteiger partial charge is 0.385 e. The van der Waals surface area contributed by atoms with Crippen LogP contribution >= 0.6 is 23.2 Å². The van der Waals surface area contributed by atoms with Crippen molar-refractivity contribution in [1.82, 2.24) is 0 Å². The molecule has 2 N–H and O–H groups in total. The summed E-state index contributed by atoms with van der Waals surface area (Å²) in [5.74, 6) is 0. The highest BCUT2D eigenvalue weighted by Crippen LogP contribution is 2.28. The first-order valence-corrected chi connectivity index (χ1v) is 7.53. The van der Waals surface area contributed by atoms with Crippen LogP contribution in [-0.4, -0.2) is 6.54 Å². The van der Waals surface area contributed by atoms with Gasteiger partial charge in [0.2, 0.25) is 0 Å². The quantitative estimate of drug-likeness (QED) is 0.837. The molecule has 20 heavy (non-hydrogen) atoms. The summed E-state index contributed by atoms with van der Waals surface area (Å²) < 4.78 is 0. The highest BCUT2D eigenvalue weighted by molar-refractivity contribution is 6.42. The van der Waals surface area contributed by atoms with Crippen LogP contribution in [0.2, 0.25) is 10.0 Å². The third-order valence-electron chi connectivity index (χ3n) is 3.56. The van der Waals surface area contributed by atoms with Gasteiger partial charge in [0.1, 0.15) is 0 Å².